The Hall–Kier alpha value is -4.81. The van der Waals surface area contributed by atoms with E-state index in [2.05, 4.69) is 16.0 Å². The van der Waals surface area contributed by atoms with Crippen molar-refractivity contribution in [3.63, 3.8) is 0 Å². The smallest absolute Gasteiger partial charge is 0.326 e. The van der Waals surface area contributed by atoms with E-state index >= 15 is 0 Å². The van der Waals surface area contributed by atoms with Crippen LogP contribution in [0.4, 0.5) is 0 Å². The summed E-state index contributed by atoms with van der Waals surface area (Å²) in [5.74, 6) is -8.05. The van der Waals surface area contributed by atoms with Gasteiger partial charge in [0.05, 0.1) is 6.04 Å². The molecule has 1 heterocycles. The summed E-state index contributed by atoms with van der Waals surface area (Å²) >= 11 is 0. The summed E-state index contributed by atoms with van der Waals surface area (Å²) in [7, 11) is 0. The lowest BCUT2D eigenvalue weighted by molar-refractivity contribution is -0.149. The van der Waals surface area contributed by atoms with Crippen molar-refractivity contribution in [3.8, 4) is 0 Å². The number of hydrogen-bond acceptors (Lipinski definition) is 10. The number of hydrogen-bond donors (Lipinski definition) is 9. The summed E-state index contributed by atoms with van der Waals surface area (Å²) in [6.07, 6.45) is -1.88. The molecule has 1 aliphatic rings. The third-order valence-corrected chi connectivity index (χ3v) is 6.78. The number of nitrogens with one attached hydrogen (secondary N) is 3. The average Bonchev–Trinajstić information content (AvgIpc) is 3.43. The van der Waals surface area contributed by atoms with Crippen LogP contribution in [0, 0.1) is 0 Å². The van der Waals surface area contributed by atoms with Crippen LogP contribution in [-0.2, 0) is 43.2 Å². The first-order valence-corrected chi connectivity index (χ1v) is 13.9. The number of carboxylic acid groups (broad SMARTS) is 1. The fourth-order valence-electron chi connectivity index (χ4n) is 4.39. The number of nitrogens with zero attached hydrogens (tertiary/aromatic N) is 1. The molecule has 1 aliphatic heterocycles. The zero-order chi connectivity index (χ0) is 33.6. The molecule has 0 aromatic heterocycles. The van der Waals surface area contributed by atoms with E-state index in [-0.39, 0.29) is 57.9 Å². The molecule has 19 heteroatoms. The van der Waals surface area contributed by atoms with Crippen LogP contribution in [-0.4, -0.2) is 100.0 Å². The Morgan fingerprint density at radius 1 is 0.636 bits per heavy atom. The van der Waals surface area contributed by atoms with Gasteiger partial charge in [0.2, 0.25) is 47.3 Å². The van der Waals surface area contributed by atoms with Crippen molar-refractivity contribution >= 4 is 53.2 Å². The molecule has 0 aromatic rings. The van der Waals surface area contributed by atoms with Crippen LogP contribution in [0.2, 0.25) is 0 Å². The lowest BCUT2D eigenvalue weighted by Gasteiger charge is -2.29. The maximum Gasteiger partial charge on any atom is 0.326 e. The predicted molar refractivity (Wildman–Crippen MR) is 150 cm³/mol. The first kappa shape index (κ1) is 37.2. The summed E-state index contributed by atoms with van der Waals surface area (Å²) in [5, 5.41) is 16.5. The van der Waals surface area contributed by atoms with Crippen LogP contribution in [0.1, 0.15) is 64.2 Å². The minimum Gasteiger partial charge on any atom is -0.480 e. The molecule has 0 saturated carbocycles. The van der Waals surface area contributed by atoms with Crippen molar-refractivity contribution in [3.05, 3.63) is 0 Å². The molecule has 0 bridgehead atoms. The lowest BCUT2D eigenvalue weighted by atomic mass is 10.0. The van der Waals surface area contributed by atoms with Crippen LogP contribution in [0.3, 0.4) is 0 Å². The van der Waals surface area contributed by atoms with Crippen LogP contribution >= 0.6 is 0 Å². The second-order valence-corrected chi connectivity index (χ2v) is 10.3. The summed E-state index contributed by atoms with van der Waals surface area (Å²) in [4.78, 5) is 110. The zero-order valence-corrected chi connectivity index (χ0v) is 24.1. The summed E-state index contributed by atoms with van der Waals surface area (Å²) in [5.41, 5.74) is 26.4. The van der Waals surface area contributed by atoms with Gasteiger partial charge in [-0.1, -0.05) is 0 Å². The molecule has 14 N–H and O–H groups in total. The van der Waals surface area contributed by atoms with E-state index in [4.69, 9.17) is 28.7 Å². The maximum atomic E-state index is 13.3. The lowest BCUT2D eigenvalue weighted by Crippen LogP contribution is -2.58. The third kappa shape index (κ3) is 13.0. The highest BCUT2D eigenvalue weighted by Crippen LogP contribution is 2.20. The molecule has 19 nitrogen and oxygen atoms in total. The summed E-state index contributed by atoms with van der Waals surface area (Å²) in [6, 6.07) is -6.80. The Labute approximate surface area is 252 Å². The molecule has 1 saturated heterocycles. The zero-order valence-electron chi connectivity index (χ0n) is 24.1. The molecule has 1 rings (SSSR count). The summed E-state index contributed by atoms with van der Waals surface area (Å²) in [6.45, 7) is 0.0867. The molecular weight excluding hydrogens is 586 g/mol. The number of rotatable bonds is 20. The highest BCUT2D eigenvalue weighted by Gasteiger charge is 2.38. The van der Waals surface area contributed by atoms with Gasteiger partial charge < -0.3 is 54.6 Å². The van der Waals surface area contributed by atoms with Crippen molar-refractivity contribution in [1.29, 1.82) is 0 Å². The van der Waals surface area contributed by atoms with Gasteiger partial charge in [0.15, 0.2) is 0 Å². The third-order valence-electron chi connectivity index (χ3n) is 6.78. The Morgan fingerprint density at radius 2 is 1.02 bits per heavy atom. The molecular formula is C25H41N9O10. The highest BCUT2D eigenvalue weighted by molar-refractivity contribution is 5.96. The number of carbonyl (C=O) groups is 9. The molecule has 44 heavy (non-hydrogen) atoms. The van der Waals surface area contributed by atoms with Crippen molar-refractivity contribution < 1.29 is 48.3 Å². The van der Waals surface area contributed by atoms with Crippen LogP contribution in [0.15, 0.2) is 0 Å². The molecule has 0 aromatic carbocycles. The van der Waals surface area contributed by atoms with Gasteiger partial charge in [-0.25, -0.2) is 4.79 Å². The van der Waals surface area contributed by atoms with Crippen molar-refractivity contribution in [2.75, 3.05) is 6.54 Å². The molecule has 0 unspecified atom stereocenters. The van der Waals surface area contributed by atoms with Crippen molar-refractivity contribution in [2.24, 2.45) is 28.7 Å². The Kier molecular flexibility index (Phi) is 15.2. The van der Waals surface area contributed by atoms with Gasteiger partial charge in [-0.2, -0.15) is 0 Å². The predicted octanol–water partition coefficient (Wildman–Crippen LogP) is -5.09. The Bertz CT molecular complexity index is 1130. The molecule has 5 atom stereocenters. The quantitative estimate of drug-likeness (QED) is 0.0614. The number of amides is 8. The fraction of sp³-hybridized carbons (Fsp3) is 0.640. The minimum absolute atomic E-state index is 0.0867. The van der Waals surface area contributed by atoms with Crippen LogP contribution in [0.25, 0.3) is 0 Å². The van der Waals surface area contributed by atoms with E-state index in [1.165, 1.54) is 0 Å². The minimum atomic E-state index is -1.52. The van der Waals surface area contributed by atoms with Crippen LogP contribution < -0.4 is 44.6 Å². The first-order valence-electron chi connectivity index (χ1n) is 13.9. The SMILES string of the molecule is NC(=O)CC[C@H](NC(=O)[C@H](CCC(N)=O)NC(=O)[C@@H](N)CCC(N)=O)C(=O)N[C@@H](CCC(N)=O)C(=O)N1CCC[C@H]1C(=O)O. The standard InChI is InChI=1S/C25H41N9O10/c26-12(3-7-17(27)35)21(39)31-13(4-8-18(28)36)22(40)32-14(5-9-19(29)37)23(41)33-15(6-10-20(30)38)24(42)34-11-1-2-16(34)25(43)44/h12-16H,1-11,26H2,(H2,27,35)(H2,28,36)(H2,29,37)(H2,30,38)(H,31,39)(H,32,40)(H,33,41)(H,43,44)/t12-,13-,14-,15-,16-/m0/s1. The molecule has 0 radical (unpaired) electrons. The molecule has 0 aliphatic carbocycles. The molecule has 1 fully saturated rings. The molecule has 0 spiro atoms. The van der Waals surface area contributed by atoms with Crippen molar-refractivity contribution in [2.45, 2.75) is 94.4 Å². The van der Waals surface area contributed by atoms with Gasteiger partial charge in [-0.05, 0) is 38.5 Å². The number of carbonyl (C=O) groups excluding carboxylic acids is 8. The number of likely N-dealkylation sites (tertiary alicyclic amines) is 1. The largest absolute Gasteiger partial charge is 0.480 e. The fourth-order valence-corrected chi connectivity index (χ4v) is 4.39. The Morgan fingerprint density at radius 3 is 1.45 bits per heavy atom. The number of nitrogens with two attached hydrogens (primary N) is 5. The van der Waals surface area contributed by atoms with E-state index in [1.54, 1.807) is 0 Å². The first-order chi connectivity index (χ1) is 20.5. The van der Waals surface area contributed by atoms with Gasteiger partial charge in [0.1, 0.15) is 24.2 Å². The maximum absolute atomic E-state index is 13.3. The van der Waals surface area contributed by atoms with E-state index in [0.29, 0.717) is 6.42 Å². The van der Waals surface area contributed by atoms with Crippen LogP contribution in [0.5, 0.6) is 0 Å². The number of primary amides is 4. The number of carboxylic acids is 1. The summed E-state index contributed by atoms with van der Waals surface area (Å²) < 4.78 is 0. The van der Waals surface area contributed by atoms with E-state index in [9.17, 15) is 48.3 Å². The van der Waals surface area contributed by atoms with Gasteiger partial charge >= 0.3 is 5.97 Å². The van der Waals surface area contributed by atoms with Gasteiger partial charge in [-0.3, -0.25) is 38.4 Å². The monoisotopic (exact) mass is 627 g/mol. The van der Waals surface area contributed by atoms with E-state index in [1.807, 2.05) is 0 Å². The molecule has 8 amide bonds. The normalized spacial score (nSPS) is 16.9. The number of aliphatic carboxylic acids is 1. The van der Waals surface area contributed by atoms with E-state index < -0.39 is 89.9 Å². The highest BCUT2D eigenvalue weighted by atomic mass is 16.4. The van der Waals surface area contributed by atoms with Gasteiger partial charge in [0, 0.05) is 32.2 Å². The second kappa shape index (κ2) is 18.0. The topological polar surface area (TPSA) is 343 Å². The Balaban J connectivity index is 3.20. The van der Waals surface area contributed by atoms with Gasteiger partial charge in [0.25, 0.3) is 0 Å². The average molecular weight is 628 g/mol. The second-order valence-electron chi connectivity index (χ2n) is 10.3. The van der Waals surface area contributed by atoms with Crippen molar-refractivity contribution in [1.82, 2.24) is 20.9 Å². The molecule has 246 valence electrons. The van der Waals surface area contributed by atoms with E-state index in [0.717, 1.165) is 4.90 Å². The van der Waals surface area contributed by atoms with Gasteiger partial charge in [-0.15, -0.1) is 0 Å².